The third-order valence-electron chi connectivity index (χ3n) is 4.79. The molecule has 30 heavy (non-hydrogen) atoms. The molecule has 0 bridgehead atoms. The van der Waals surface area contributed by atoms with Crippen LogP contribution in [-0.4, -0.2) is 22.5 Å². The minimum atomic E-state index is -0.146. The fraction of sp³-hybridized carbons (Fsp3) is 0.208. The number of ether oxygens (including phenoxy) is 1. The molecule has 0 atom stereocenters. The highest BCUT2D eigenvalue weighted by atomic mass is 32.1. The van der Waals surface area contributed by atoms with Crippen LogP contribution in [0.1, 0.15) is 22.3 Å². The standard InChI is InChI=1S/C24H23N3O2S/c1-16-6-8-20(9-7-16)29-15-22(28)27(14-19-5-4-10-25-13-19)24-26-21-12-17(2)11-18(3)23(21)30-24/h4-13H,14-15H2,1-3H3. The number of rotatable bonds is 6. The minimum Gasteiger partial charge on any atom is -0.484 e. The van der Waals surface area contributed by atoms with Gasteiger partial charge in [0.25, 0.3) is 5.91 Å². The minimum absolute atomic E-state index is 0.0583. The molecule has 0 saturated heterocycles. The Hall–Kier alpha value is -3.25. The van der Waals surface area contributed by atoms with Crippen molar-refractivity contribution in [1.82, 2.24) is 9.97 Å². The van der Waals surface area contributed by atoms with Gasteiger partial charge in [-0.15, -0.1) is 0 Å². The predicted octanol–water partition coefficient (Wildman–Crippen LogP) is 5.23. The Labute approximate surface area is 180 Å². The van der Waals surface area contributed by atoms with Gasteiger partial charge >= 0.3 is 0 Å². The van der Waals surface area contributed by atoms with Crippen LogP contribution in [0.5, 0.6) is 5.75 Å². The third-order valence-corrected chi connectivity index (χ3v) is 6.02. The molecule has 6 heteroatoms. The van der Waals surface area contributed by atoms with E-state index in [0.29, 0.717) is 17.4 Å². The number of thiazole rings is 1. The quantitative estimate of drug-likeness (QED) is 0.431. The molecule has 0 aliphatic carbocycles. The van der Waals surface area contributed by atoms with E-state index in [9.17, 15) is 4.79 Å². The van der Waals surface area contributed by atoms with Crippen molar-refractivity contribution in [1.29, 1.82) is 0 Å². The van der Waals surface area contributed by atoms with Gasteiger partial charge in [-0.05, 0) is 61.7 Å². The molecule has 2 aromatic heterocycles. The molecule has 0 aliphatic heterocycles. The summed E-state index contributed by atoms with van der Waals surface area (Å²) in [5.74, 6) is 0.527. The number of hydrogen-bond donors (Lipinski definition) is 0. The monoisotopic (exact) mass is 417 g/mol. The van der Waals surface area contributed by atoms with E-state index in [1.807, 2.05) is 43.3 Å². The van der Waals surface area contributed by atoms with Crippen LogP contribution in [0.4, 0.5) is 5.13 Å². The summed E-state index contributed by atoms with van der Waals surface area (Å²) in [4.78, 5) is 23.8. The highest BCUT2D eigenvalue weighted by Crippen LogP contribution is 2.33. The second kappa shape index (κ2) is 8.63. The van der Waals surface area contributed by atoms with E-state index in [2.05, 4.69) is 31.0 Å². The SMILES string of the molecule is Cc1ccc(OCC(=O)N(Cc2cccnc2)c2nc3cc(C)cc(C)c3s2)cc1. The number of aromatic nitrogens is 2. The van der Waals surface area contributed by atoms with Gasteiger partial charge in [0.2, 0.25) is 0 Å². The van der Waals surface area contributed by atoms with Crippen molar-refractivity contribution < 1.29 is 9.53 Å². The molecule has 0 fully saturated rings. The average Bonchev–Trinajstić information content (AvgIpc) is 3.16. The van der Waals surface area contributed by atoms with E-state index in [1.165, 1.54) is 16.9 Å². The Bertz CT molecular complexity index is 1170. The van der Waals surface area contributed by atoms with E-state index in [4.69, 9.17) is 9.72 Å². The van der Waals surface area contributed by atoms with Gasteiger partial charge in [-0.1, -0.05) is 41.2 Å². The molecule has 5 nitrogen and oxygen atoms in total. The topological polar surface area (TPSA) is 55.3 Å². The van der Waals surface area contributed by atoms with Crippen LogP contribution < -0.4 is 9.64 Å². The predicted molar refractivity (Wildman–Crippen MR) is 121 cm³/mol. The van der Waals surface area contributed by atoms with E-state index in [0.717, 1.165) is 26.9 Å². The normalized spacial score (nSPS) is 10.9. The van der Waals surface area contributed by atoms with Crippen molar-refractivity contribution in [2.24, 2.45) is 0 Å². The van der Waals surface area contributed by atoms with Gasteiger partial charge in [-0.25, -0.2) is 4.98 Å². The first-order valence-corrected chi connectivity index (χ1v) is 10.6. The molecular formula is C24H23N3O2S. The number of benzene rings is 2. The summed E-state index contributed by atoms with van der Waals surface area (Å²) in [6.07, 6.45) is 3.49. The number of aryl methyl sites for hydroxylation is 3. The van der Waals surface area contributed by atoms with Crippen LogP contribution >= 0.6 is 11.3 Å². The van der Waals surface area contributed by atoms with Crippen LogP contribution in [0.3, 0.4) is 0 Å². The number of hydrogen-bond acceptors (Lipinski definition) is 5. The Kier molecular flexibility index (Phi) is 5.77. The number of fused-ring (bicyclic) bond motifs is 1. The first-order chi connectivity index (χ1) is 14.5. The number of nitrogens with zero attached hydrogens (tertiary/aromatic N) is 3. The maximum absolute atomic E-state index is 13.2. The molecule has 4 rings (SSSR count). The molecule has 0 spiro atoms. The summed E-state index contributed by atoms with van der Waals surface area (Å²) in [7, 11) is 0. The molecule has 0 radical (unpaired) electrons. The summed E-state index contributed by atoms with van der Waals surface area (Å²) in [5, 5.41) is 0.667. The molecule has 0 unspecified atom stereocenters. The highest BCUT2D eigenvalue weighted by Gasteiger charge is 2.21. The molecule has 1 amide bonds. The summed E-state index contributed by atoms with van der Waals surface area (Å²) in [6, 6.07) is 15.7. The summed E-state index contributed by atoms with van der Waals surface area (Å²) >= 11 is 1.53. The molecule has 0 N–H and O–H groups in total. The first kappa shape index (κ1) is 20.0. The number of anilines is 1. The number of amides is 1. The molecule has 0 saturated carbocycles. The van der Waals surface area contributed by atoms with Gasteiger partial charge in [-0.2, -0.15) is 0 Å². The van der Waals surface area contributed by atoms with Gasteiger partial charge < -0.3 is 4.74 Å². The van der Waals surface area contributed by atoms with Crippen molar-refractivity contribution in [3.05, 3.63) is 83.2 Å². The molecule has 0 aliphatic rings. The van der Waals surface area contributed by atoms with Crippen molar-refractivity contribution in [3.8, 4) is 5.75 Å². The lowest BCUT2D eigenvalue weighted by Gasteiger charge is -2.20. The van der Waals surface area contributed by atoms with Gasteiger partial charge in [0, 0.05) is 12.4 Å². The maximum Gasteiger partial charge on any atom is 0.267 e. The third kappa shape index (κ3) is 4.49. The smallest absolute Gasteiger partial charge is 0.267 e. The fourth-order valence-electron chi connectivity index (χ4n) is 3.27. The van der Waals surface area contributed by atoms with Crippen LogP contribution in [0.2, 0.25) is 0 Å². The number of pyridine rings is 1. The zero-order valence-electron chi connectivity index (χ0n) is 17.3. The van der Waals surface area contributed by atoms with Crippen LogP contribution in [0, 0.1) is 20.8 Å². The Morgan fingerprint density at radius 3 is 2.60 bits per heavy atom. The van der Waals surface area contributed by atoms with E-state index < -0.39 is 0 Å². The lowest BCUT2D eigenvalue weighted by Crippen LogP contribution is -2.34. The van der Waals surface area contributed by atoms with E-state index >= 15 is 0 Å². The number of carbonyl (C=O) groups is 1. The van der Waals surface area contributed by atoms with Crippen molar-refractivity contribution in [2.45, 2.75) is 27.3 Å². The largest absolute Gasteiger partial charge is 0.484 e. The van der Waals surface area contributed by atoms with Crippen molar-refractivity contribution in [3.63, 3.8) is 0 Å². The summed E-state index contributed by atoms with van der Waals surface area (Å²) < 4.78 is 6.85. The summed E-state index contributed by atoms with van der Waals surface area (Å²) in [6.45, 7) is 6.48. The van der Waals surface area contributed by atoms with Gasteiger partial charge in [0.1, 0.15) is 5.75 Å². The highest BCUT2D eigenvalue weighted by molar-refractivity contribution is 7.22. The average molecular weight is 418 g/mol. The van der Waals surface area contributed by atoms with Crippen LogP contribution in [0.25, 0.3) is 10.2 Å². The van der Waals surface area contributed by atoms with Gasteiger partial charge in [0.15, 0.2) is 11.7 Å². The Morgan fingerprint density at radius 1 is 1.07 bits per heavy atom. The van der Waals surface area contributed by atoms with Gasteiger partial charge in [0.05, 0.1) is 16.8 Å². The van der Waals surface area contributed by atoms with E-state index in [-0.39, 0.29) is 12.5 Å². The first-order valence-electron chi connectivity index (χ1n) is 9.76. The molecule has 2 heterocycles. The second-order valence-corrected chi connectivity index (χ2v) is 8.35. The summed E-state index contributed by atoms with van der Waals surface area (Å²) in [5.41, 5.74) is 5.32. The van der Waals surface area contributed by atoms with Gasteiger partial charge in [-0.3, -0.25) is 14.7 Å². The van der Waals surface area contributed by atoms with Crippen molar-refractivity contribution in [2.75, 3.05) is 11.5 Å². The lowest BCUT2D eigenvalue weighted by atomic mass is 10.1. The molecule has 152 valence electrons. The lowest BCUT2D eigenvalue weighted by molar-refractivity contribution is -0.120. The van der Waals surface area contributed by atoms with Crippen LogP contribution in [0.15, 0.2) is 60.9 Å². The molecule has 2 aromatic carbocycles. The molecular weight excluding hydrogens is 394 g/mol. The van der Waals surface area contributed by atoms with E-state index in [1.54, 1.807) is 17.3 Å². The Morgan fingerprint density at radius 2 is 1.87 bits per heavy atom. The number of carbonyl (C=O) groups excluding carboxylic acids is 1. The van der Waals surface area contributed by atoms with Crippen LogP contribution in [-0.2, 0) is 11.3 Å². The second-order valence-electron chi connectivity index (χ2n) is 7.37. The Balaban J connectivity index is 1.63. The molecule has 4 aromatic rings. The zero-order chi connectivity index (χ0) is 21.1. The van der Waals surface area contributed by atoms with Crippen molar-refractivity contribution >= 4 is 32.6 Å². The maximum atomic E-state index is 13.2. The fourth-order valence-corrected chi connectivity index (χ4v) is 4.31. The zero-order valence-corrected chi connectivity index (χ0v) is 18.1.